The zero-order valence-corrected chi connectivity index (χ0v) is 17.7. The number of benzene rings is 1. The summed E-state index contributed by atoms with van der Waals surface area (Å²) in [6.07, 6.45) is 0.855. The van der Waals surface area contributed by atoms with E-state index in [1.165, 1.54) is 7.11 Å². The topological polar surface area (TPSA) is 52.6 Å². The van der Waals surface area contributed by atoms with Gasteiger partial charge in [0.25, 0.3) is 0 Å². The van der Waals surface area contributed by atoms with Gasteiger partial charge in [-0.15, -0.1) is 11.8 Å². The fourth-order valence-corrected chi connectivity index (χ4v) is 5.39. The molecule has 1 saturated carbocycles. The number of ketones is 1. The summed E-state index contributed by atoms with van der Waals surface area (Å²) in [7, 11) is -0.577. The van der Waals surface area contributed by atoms with E-state index in [2.05, 4.69) is 33.9 Å². The maximum atomic E-state index is 12.1. The molecule has 1 fully saturated rings. The number of thioether (sulfide) groups is 1. The molecule has 1 aromatic carbocycles. The Morgan fingerprint density at radius 3 is 2.44 bits per heavy atom. The maximum Gasteiger partial charge on any atom is 0.338 e. The van der Waals surface area contributed by atoms with E-state index in [4.69, 9.17) is 9.16 Å². The van der Waals surface area contributed by atoms with E-state index < -0.39 is 8.32 Å². The van der Waals surface area contributed by atoms with Crippen LogP contribution in [0.15, 0.2) is 29.2 Å². The third kappa shape index (κ3) is 4.74. The number of carbonyl (C=O) groups is 2. The molecular weight excluding hydrogens is 352 g/mol. The number of esters is 1. The van der Waals surface area contributed by atoms with Crippen molar-refractivity contribution in [3.8, 4) is 0 Å². The Bertz CT molecular complexity index is 651. The molecule has 0 unspecified atom stereocenters. The monoisotopic (exact) mass is 380 g/mol. The summed E-state index contributed by atoms with van der Waals surface area (Å²) in [6, 6.07) is 7.38. The number of methoxy groups -OCH3 is 1. The first-order chi connectivity index (χ1) is 11.5. The minimum atomic E-state index is -1.96. The van der Waals surface area contributed by atoms with Crippen molar-refractivity contribution in [2.45, 2.75) is 68.0 Å². The van der Waals surface area contributed by atoms with Crippen LogP contribution < -0.4 is 0 Å². The van der Waals surface area contributed by atoms with Crippen LogP contribution in [0.2, 0.25) is 18.1 Å². The zero-order chi connectivity index (χ0) is 18.8. The molecule has 0 saturated heterocycles. The molecule has 0 heterocycles. The van der Waals surface area contributed by atoms with Crippen molar-refractivity contribution in [2.24, 2.45) is 0 Å². The van der Waals surface area contributed by atoms with Gasteiger partial charge in [0.1, 0.15) is 5.78 Å². The molecule has 1 aromatic rings. The van der Waals surface area contributed by atoms with Crippen LogP contribution in [0.3, 0.4) is 0 Å². The highest BCUT2D eigenvalue weighted by Crippen LogP contribution is 2.42. The van der Waals surface area contributed by atoms with Crippen molar-refractivity contribution < 1.29 is 18.8 Å². The van der Waals surface area contributed by atoms with Gasteiger partial charge in [-0.1, -0.05) is 32.9 Å². The standard InChI is InChI=1S/C19H28O4SSi/c1-19(2,3)25(5,6)23-15-11-13(20)12-17(15)24-16-10-8-7-9-14(16)18(21)22-4/h7-10,15,17H,11-12H2,1-6H3/t15-,17-/m0/s1. The van der Waals surface area contributed by atoms with Gasteiger partial charge in [0.15, 0.2) is 8.32 Å². The Balaban J connectivity index is 2.21. The molecule has 25 heavy (non-hydrogen) atoms. The van der Waals surface area contributed by atoms with Crippen molar-refractivity contribution in [3.63, 3.8) is 0 Å². The maximum absolute atomic E-state index is 12.1. The Labute approximate surface area is 155 Å². The molecule has 1 aliphatic rings. The average molecular weight is 381 g/mol. The molecule has 4 nitrogen and oxygen atoms in total. The van der Waals surface area contributed by atoms with Crippen molar-refractivity contribution >= 4 is 31.8 Å². The number of carbonyl (C=O) groups excluding carboxylic acids is 2. The van der Waals surface area contributed by atoms with Gasteiger partial charge in [-0.25, -0.2) is 4.79 Å². The number of ether oxygens (including phenoxy) is 1. The minimum absolute atomic E-state index is 0.0347. The minimum Gasteiger partial charge on any atom is -0.465 e. The molecule has 0 aromatic heterocycles. The SMILES string of the molecule is COC(=O)c1ccccc1S[C@H]1CC(=O)C[C@@H]1O[Si](C)(C)C(C)(C)C. The number of Topliss-reactive ketones (excluding diaryl/α,β-unsaturated/α-hetero) is 1. The lowest BCUT2D eigenvalue weighted by Crippen LogP contribution is -2.45. The number of rotatable bonds is 5. The number of hydrogen-bond donors (Lipinski definition) is 0. The second-order valence-corrected chi connectivity index (χ2v) is 14.0. The molecule has 6 heteroatoms. The highest BCUT2D eigenvalue weighted by Gasteiger charge is 2.44. The molecular formula is C19H28O4SSi. The molecule has 0 spiro atoms. The van der Waals surface area contributed by atoms with Crippen LogP contribution >= 0.6 is 11.8 Å². The third-order valence-corrected chi connectivity index (χ3v) is 11.0. The molecule has 0 bridgehead atoms. The first-order valence-electron chi connectivity index (χ1n) is 8.58. The highest BCUT2D eigenvalue weighted by atomic mass is 32.2. The quantitative estimate of drug-likeness (QED) is 0.548. The third-order valence-electron chi connectivity index (χ3n) is 5.10. The van der Waals surface area contributed by atoms with E-state index in [-0.39, 0.29) is 28.1 Å². The second-order valence-electron chi connectivity index (χ2n) is 8.01. The predicted octanol–water partition coefficient (Wildman–Crippen LogP) is 4.69. The largest absolute Gasteiger partial charge is 0.465 e. The Morgan fingerprint density at radius 2 is 1.84 bits per heavy atom. The summed E-state index contributed by atoms with van der Waals surface area (Å²) < 4.78 is 11.4. The lowest BCUT2D eigenvalue weighted by atomic mass is 10.2. The van der Waals surface area contributed by atoms with Gasteiger partial charge < -0.3 is 9.16 Å². The molecule has 0 amide bonds. The van der Waals surface area contributed by atoms with Crippen LogP contribution in [0.1, 0.15) is 44.0 Å². The van der Waals surface area contributed by atoms with E-state index >= 15 is 0 Å². The fraction of sp³-hybridized carbons (Fsp3) is 0.579. The molecule has 0 aliphatic heterocycles. The average Bonchev–Trinajstić information content (AvgIpc) is 2.84. The van der Waals surface area contributed by atoms with Crippen LogP contribution in [-0.4, -0.2) is 38.5 Å². The van der Waals surface area contributed by atoms with Gasteiger partial charge in [-0.3, -0.25) is 4.79 Å². The highest BCUT2D eigenvalue weighted by molar-refractivity contribution is 8.00. The van der Waals surface area contributed by atoms with Crippen LogP contribution in [-0.2, 0) is 14.0 Å². The summed E-state index contributed by atoms with van der Waals surface area (Å²) in [5, 5.41) is 0.130. The summed E-state index contributed by atoms with van der Waals surface area (Å²) in [5.74, 6) is -0.119. The van der Waals surface area contributed by atoms with Crippen LogP contribution in [0.4, 0.5) is 0 Å². The van der Waals surface area contributed by atoms with E-state index in [9.17, 15) is 9.59 Å². The lowest BCUT2D eigenvalue weighted by Gasteiger charge is -2.39. The van der Waals surface area contributed by atoms with E-state index in [0.717, 1.165) is 4.90 Å². The summed E-state index contributed by atoms with van der Waals surface area (Å²) in [4.78, 5) is 24.9. The summed E-state index contributed by atoms with van der Waals surface area (Å²) in [6.45, 7) is 11.0. The second kappa shape index (κ2) is 7.64. The Hall–Kier alpha value is -1.11. The smallest absolute Gasteiger partial charge is 0.338 e. The predicted molar refractivity (Wildman–Crippen MR) is 104 cm³/mol. The van der Waals surface area contributed by atoms with Crippen molar-refractivity contribution in [1.29, 1.82) is 0 Å². The summed E-state index contributed by atoms with van der Waals surface area (Å²) in [5.41, 5.74) is 0.542. The van der Waals surface area contributed by atoms with Crippen molar-refractivity contribution in [3.05, 3.63) is 29.8 Å². The van der Waals surface area contributed by atoms with E-state index in [1.54, 1.807) is 17.8 Å². The Kier molecular flexibility index (Phi) is 6.17. The summed E-state index contributed by atoms with van der Waals surface area (Å²) >= 11 is 1.56. The van der Waals surface area contributed by atoms with Gasteiger partial charge >= 0.3 is 5.97 Å². The van der Waals surface area contributed by atoms with Gasteiger partial charge in [0.05, 0.1) is 18.8 Å². The molecule has 0 N–H and O–H groups in total. The number of hydrogen-bond acceptors (Lipinski definition) is 5. The van der Waals surface area contributed by atoms with E-state index in [1.807, 2.05) is 18.2 Å². The van der Waals surface area contributed by atoms with Gasteiger partial charge in [0, 0.05) is 23.0 Å². The van der Waals surface area contributed by atoms with Crippen LogP contribution in [0.5, 0.6) is 0 Å². The van der Waals surface area contributed by atoms with Gasteiger partial charge in [0.2, 0.25) is 0 Å². The van der Waals surface area contributed by atoms with Crippen molar-refractivity contribution in [1.82, 2.24) is 0 Å². The van der Waals surface area contributed by atoms with E-state index in [0.29, 0.717) is 18.4 Å². The van der Waals surface area contributed by atoms with Gasteiger partial charge in [-0.2, -0.15) is 0 Å². The lowest BCUT2D eigenvalue weighted by molar-refractivity contribution is -0.117. The first-order valence-corrected chi connectivity index (χ1v) is 12.4. The van der Waals surface area contributed by atoms with Gasteiger partial charge in [-0.05, 0) is 30.3 Å². The normalized spacial score (nSPS) is 21.4. The first kappa shape index (κ1) is 20.2. The molecule has 2 atom stereocenters. The van der Waals surface area contributed by atoms with Crippen LogP contribution in [0.25, 0.3) is 0 Å². The molecule has 0 radical (unpaired) electrons. The Morgan fingerprint density at radius 1 is 1.20 bits per heavy atom. The van der Waals surface area contributed by atoms with Crippen molar-refractivity contribution in [2.75, 3.05) is 7.11 Å². The molecule has 1 aliphatic carbocycles. The zero-order valence-electron chi connectivity index (χ0n) is 15.9. The molecule has 138 valence electrons. The molecule has 2 rings (SSSR count). The van der Waals surface area contributed by atoms with Crippen LogP contribution in [0, 0.1) is 0 Å². The fourth-order valence-electron chi connectivity index (χ4n) is 2.60.